The molecule has 0 atom stereocenters. The normalized spacial score (nSPS) is 10.4. The van der Waals surface area contributed by atoms with Crippen molar-refractivity contribution in [2.24, 2.45) is 0 Å². The first-order valence-corrected chi connectivity index (χ1v) is 6.11. The Labute approximate surface area is 103 Å². The standard InChI is InChI=1S/C12H12N2O2S/c1-8-3-2-4-9(5-8)17-7-10-13-11(15)6-12(16)14-10/h2-6H,7H2,1H3,(H2,13,14,15,16). The number of aromatic hydroxyl groups is 1. The highest BCUT2D eigenvalue weighted by atomic mass is 32.2. The van der Waals surface area contributed by atoms with Gasteiger partial charge in [0.1, 0.15) is 5.82 Å². The van der Waals surface area contributed by atoms with Gasteiger partial charge in [-0.2, -0.15) is 4.98 Å². The molecule has 17 heavy (non-hydrogen) atoms. The fourth-order valence-corrected chi connectivity index (χ4v) is 2.30. The molecule has 0 fully saturated rings. The number of aryl methyl sites for hydroxylation is 1. The summed E-state index contributed by atoms with van der Waals surface area (Å²) in [6.07, 6.45) is 0. The summed E-state index contributed by atoms with van der Waals surface area (Å²) in [5.41, 5.74) is 0.852. The Bertz CT molecular complexity index is 581. The Kier molecular flexibility index (Phi) is 3.49. The molecule has 0 amide bonds. The molecule has 0 aliphatic heterocycles. The third-order valence-corrected chi connectivity index (χ3v) is 3.15. The molecule has 0 aliphatic carbocycles. The van der Waals surface area contributed by atoms with Crippen LogP contribution < -0.4 is 5.56 Å². The van der Waals surface area contributed by atoms with E-state index in [2.05, 4.69) is 16.0 Å². The van der Waals surface area contributed by atoms with E-state index in [1.807, 2.05) is 25.1 Å². The molecule has 0 unspecified atom stereocenters. The van der Waals surface area contributed by atoms with Crippen LogP contribution in [-0.2, 0) is 5.75 Å². The minimum absolute atomic E-state index is 0.242. The van der Waals surface area contributed by atoms with E-state index in [4.69, 9.17) is 0 Å². The molecule has 1 heterocycles. The number of hydrogen-bond acceptors (Lipinski definition) is 4. The van der Waals surface area contributed by atoms with E-state index < -0.39 is 0 Å². The monoisotopic (exact) mass is 248 g/mol. The summed E-state index contributed by atoms with van der Waals surface area (Å²) in [4.78, 5) is 18.7. The summed E-state index contributed by atoms with van der Waals surface area (Å²) in [6, 6.07) is 9.12. The van der Waals surface area contributed by atoms with Crippen molar-refractivity contribution in [3.05, 3.63) is 52.1 Å². The fraction of sp³-hybridized carbons (Fsp3) is 0.167. The highest BCUT2D eigenvalue weighted by Gasteiger charge is 2.01. The zero-order valence-corrected chi connectivity index (χ0v) is 10.1. The minimum Gasteiger partial charge on any atom is -0.493 e. The molecule has 1 aromatic carbocycles. The Hall–Kier alpha value is -1.75. The molecule has 1 aromatic heterocycles. The number of thioether (sulfide) groups is 1. The van der Waals surface area contributed by atoms with Crippen molar-refractivity contribution in [3.8, 4) is 5.88 Å². The first-order valence-electron chi connectivity index (χ1n) is 5.12. The van der Waals surface area contributed by atoms with Crippen molar-refractivity contribution in [2.75, 3.05) is 0 Å². The van der Waals surface area contributed by atoms with Gasteiger partial charge in [-0.1, -0.05) is 17.7 Å². The Morgan fingerprint density at radius 3 is 2.94 bits per heavy atom. The van der Waals surface area contributed by atoms with Gasteiger partial charge in [0.25, 0.3) is 5.56 Å². The van der Waals surface area contributed by atoms with Gasteiger partial charge in [-0.05, 0) is 19.1 Å². The number of H-pyrrole nitrogens is 1. The van der Waals surface area contributed by atoms with Crippen molar-refractivity contribution in [3.63, 3.8) is 0 Å². The van der Waals surface area contributed by atoms with Gasteiger partial charge in [0.2, 0.25) is 5.88 Å². The maximum absolute atomic E-state index is 11.1. The molecular formula is C12H12N2O2S. The third kappa shape index (κ3) is 3.35. The summed E-state index contributed by atoms with van der Waals surface area (Å²) >= 11 is 1.56. The summed E-state index contributed by atoms with van der Waals surface area (Å²) in [6.45, 7) is 2.03. The van der Waals surface area contributed by atoms with Crippen LogP contribution in [0.5, 0.6) is 5.88 Å². The molecule has 0 spiro atoms. The van der Waals surface area contributed by atoms with Crippen LogP contribution in [0, 0.1) is 6.92 Å². The SMILES string of the molecule is Cc1cccc(SCc2nc(O)cc(=O)[nH]2)c1. The molecule has 88 valence electrons. The number of hydrogen-bond donors (Lipinski definition) is 2. The second kappa shape index (κ2) is 5.05. The van der Waals surface area contributed by atoms with Gasteiger partial charge < -0.3 is 10.1 Å². The predicted octanol–water partition coefficient (Wildman–Crippen LogP) is 2.08. The van der Waals surface area contributed by atoms with Crippen LogP contribution >= 0.6 is 11.8 Å². The molecule has 0 bridgehead atoms. The average molecular weight is 248 g/mol. The highest BCUT2D eigenvalue weighted by Crippen LogP contribution is 2.21. The largest absolute Gasteiger partial charge is 0.493 e. The summed E-state index contributed by atoms with van der Waals surface area (Å²) in [7, 11) is 0. The van der Waals surface area contributed by atoms with Gasteiger partial charge in [0.15, 0.2) is 0 Å². The van der Waals surface area contributed by atoms with Gasteiger partial charge in [0, 0.05) is 4.90 Å². The summed E-state index contributed by atoms with van der Waals surface area (Å²) < 4.78 is 0. The highest BCUT2D eigenvalue weighted by molar-refractivity contribution is 7.98. The second-order valence-electron chi connectivity index (χ2n) is 3.66. The van der Waals surface area contributed by atoms with Crippen molar-refractivity contribution in [1.82, 2.24) is 9.97 Å². The van der Waals surface area contributed by atoms with E-state index in [-0.39, 0.29) is 11.4 Å². The van der Waals surface area contributed by atoms with Gasteiger partial charge >= 0.3 is 0 Å². The van der Waals surface area contributed by atoms with Crippen LogP contribution in [-0.4, -0.2) is 15.1 Å². The topological polar surface area (TPSA) is 66.0 Å². The first kappa shape index (κ1) is 11.7. The fourth-order valence-electron chi connectivity index (χ4n) is 1.42. The lowest BCUT2D eigenvalue weighted by molar-refractivity contribution is 0.449. The number of nitrogens with one attached hydrogen (secondary N) is 1. The van der Waals surface area contributed by atoms with Gasteiger partial charge in [0.05, 0.1) is 11.8 Å². The van der Waals surface area contributed by atoms with Crippen molar-refractivity contribution >= 4 is 11.8 Å². The van der Waals surface area contributed by atoms with Crippen molar-refractivity contribution in [2.45, 2.75) is 17.6 Å². The molecule has 5 heteroatoms. The van der Waals surface area contributed by atoms with Crippen molar-refractivity contribution in [1.29, 1.82) is 0 Å². The zero-order valence-electron chi connectivity index (χ0n) is 9.30. The summed E-state index contributed by atoms with van der Waals surface area (Å²) in [5.74, 6) is 0.752. The van der Waals surface area contributed by atoms with E-state index in [1.54, 1.807) is 11.8 Å². The molecule has 0 saturated carbocycles. The molecule has 2 N–H and O–H groups in total. The van der Waals surface area contributed by atoms with E-state index in [0.29, 0.717) is 11.6 Å². The van der Waals surface area contributed by atoms with Gasteiger partial charge in [-0.25, -0.2) is 0 Å². The lowest BCUT2D eigenvalue weighted by atomic mass is 10.2. The maximum Gasteiger partial charge on any atom is 0.254 e. The van der Waals surface area contributed by atoms with Crippen molar-refractivity contribution < 1.29 is 5.11 Å². The van der Waals surface area contributed by atoms with E-state index in [9.17, 15) is 9.90 Å². The summed E-state index contributed by atoms with van der Waals surface area (Å²) in [5, 5.41) is 9.19. The average Bonchev–Trinajstić information content (AvgIpc) is 2.25. The number of aromatic nitrogens is 2. The Balaban J connectivity index is 2.09. The van der Waals surface area contributed by atoms with Gasteiger partial charge in [-0.3, -0.25) is 4.79 Å². The lowest BCUT2D eigenvalue weighted by Crippen LogP contribution is -2.08. The quantitative estimate of drug-likeness (QED) is 0.816. The molecule has 2 aromatic rings. The molecule has 4 nitrogen and oxygen atoms in total. The lowest BCUT2D eigenvalue weighted by Gasteiger charge is -2.02. The van der Waals surface area contributed by atoms with Crippen LogP contribution in [0.15, 0.2) is 40.0 Å². The zero-order chi connectivity index (χ0) is 12.3. The van der Waals surface area contributed by atoms with E-state index in [0.717, 1.165) is 11.0 Å². The van der Waals surface area contributed by atoms with Crippen LogP contribution in [0.25, 0.3) is 0 Å². The molecule has 0 saturated heterocycles. The van der Waals surface area contributed by atoms with E-state index in [1.165, 1.54) is 5.56 Å². The van der Waals surface area contributed by atoms with E-state index >= 15 is 0 Å². The maximum atomic E-state index is 11.1. The minimum atomic E-state index is -0.336. The van der Waals surface area contributed by atoms with Crippen LogP contribution in [0.4, 0.5) is 0 Å². The smallest absolute Gasteiger partial charge is 0.254 e. The van der Waals surface area contributed by atoms with Gasteiger partial charge in [-0.15, -0.1) is 11.8 Å². The number of benzene rings is 1. The number of nitrogens with zero attached hydrogens (tertiary/aromatic N) is 1. The Morgan fingerprint density at radius 1 is 1.41 bits per heavy atom. The van der Waals surface area contributed by atoms with Crippen LogP contribution in [0.2, 0.25) is 0 Å². The Morgan fingerprint density at radius 2 is 2.24 bits per heavy atom. The van der Waals surface area contributed by atoms with Crippen LogP contribution in [0.3, 0.4) is 0 Å². The molecule has 0 aliphatic rings. The van der Waals surface area contributed by atoms with Crippen LogP contribution in [0.1, 0.15) is 11.4 Å². The number of aromatic amines is 1. The predicted molar refractivity (Wildman–Crippen MR) is 67.3 cm³/mol. The molecule has 2 rings (SSSR count). The molecule has 0 radical (unpaired) electrons. The second-order valence-corrected chi connectivity index (χ2v) is 4.70. The third-order valence-electron chi connectivity index (χ3n) is 2.14. The first-order chi connectivity index (χ1) is 8.13. The molecular weight excluding hydrogens is 236 g/mol. The number of rotatable bonds is 3.